The first-order chi connectivity index (χ1) is 17.1. The maximum atomic E-state index is 13.0. The van der Waals surface area contributed by atoms with Crippen LogP contribution in [0.4, 0.5) is 0 Å². The lowest BCUT2D eigenvalue weighted by Crippen LogP contribution is -2.26. The molecule has 1 amide bonds. The summed E-state index contributed by atoms with van der Waals surface area (Å²) in [5.41, 5.74) is 1.83. The zero-order chi connectivity index (χ0) is 24.8. The Hall–Kier alpha value is -3.40. The summed E-state index contributed by atoms with van der Waals surface area (Å²) in [6.45, 7) is 3.26. The van der Waals surface area contributed by atoms with Gasteiger partial charge in [0.05, 0.1) is 19.7 Å². The standard InChI is InChI=1S/C25H31N5O4S/c1-4-5-6-14-29-24(32)23-18(12-15-35-23)30-21(27-28-25(29)30)9-10-22(31)26-13-11-17-7-8-19(33-2)20(16-17)34-3/h7-8,12,15-16H,4-6,9-11,13-14H2,1-3H3,(H,26,31). The zero-order valence-corrected chi connectivity index (χ0v) is 21.2. The van der Waals surface area contributed by atoms with E-state index in [9.17, 15) is 9.59 Å². The molecule has 0 unspecified atom stereocenters. The van der Waals surface area contributed by atoms with E-state index >= 15 is 0 Å². The fourth-order valence-electron chi connectivity index (χ4n) is 4.16. The molecule has 0 fully saturated rings. The molecule has 0 radical (unpaired) electrons. The molecule has 0 atom stereocenters. The van der Waals surface area contributed by atoms with Crippen LogP contribution in [-0.4, -0.2) is 45.8 Å². The highest BCUT2D eigenvalue weighted by Gasteiger charge is 2.18. The van der Waals surface area contributed by atoms with E-state index < -0.39 is 0 Å². The van der Waals surface area contributed by atoms with Gasteiger partial charge in [-0.2, -0.15) is 0 Å². The molecule has 9 nitrogen and oxygen atoms in total. The van der Waals surface area contributed by atoms with Crippen LogP contribution in [0.1, 0.15) is 44.0 Å². The molecule has 4 rings (SSSR count). The van der Waals surface area contributed by atoms with Crippen LogP contribution in [0.3, 0.4) is 0 Å². The molecule has 0 bridgehead atoms. The van der Waals surface area contributed by atoms with Crippen molar-refractivity contribution in [3.63, 3.8) is 0 Å². The molecule has 1 aromatic carbocycles. The summed E-state index contributed by atoms with van der Waals surface area (Å²) in [7, 11) is 3.21. The third kappa shape index (κ3) is 5.32. The van der Waals surface area contributed by atoms with E-state index in [0.717, 1.165) is 30.3 Å². The lowest BCUT2D eigenvalue weighted by Gasteiger charge is -2.10. The van der Waals surface area contributed by atoms with Crippen LogP contribution in [0.5, 0.6) is 11.5 Å². The highest BCUT2D eigenvalue weighted by molar-refractivity contribution is 7.17. The van der Waals surface area contributed by atoms with Crippen molar-refractivity contribution in [3.05, 3.63) is 51.4 Å². The Kier molecular flexibility index (Phi) is 8.02. The number of hydrogen-bond acceptors (Lipinski definition) is 7. The van der Waals surface area contributed by atoms with Gasteiger partial charge >= 0.3 is 0 Å². The number of hydrogen-bond donors (Lipinski definition) is 1. The maximum absolute atomic E-state index is 13.0. The van der Waals surface area contributed by atoms with Gasteiger partial charge in [0, 0.05) is 25.9 Å². The van der Waals surface area contributed by atoms with E-state index in [1.807, 2.05) is 34.0 Å². The summed E-state index contributed by atoms with van der Waals surface area (Å²) in [6.07, 6.45) is 4.43. The van der Waals surface area contributed by atoms with Crippen molar-refractivity contribution in [1.29, 1.82) is 0 Å². The minimum absolute atomic E-state index is 0.0227. The molecule has 0 aliphatic carbocycles. The molecule has 0 saturated heterocycles. The summed E-state index contributed by atoms with van der Waals surface area (Å²) in [4.78, 5) is 25.5. The molecule has 35 heavy (non-hydrogen) atoms. The Morgan fingerprint density at radius 1 is 1.09 bits per heavy atom. The third-order valence-electron chi connectivity index (χ3n) is 6.02. The molecule has 4 aromatic rings. The first-order valence-electron chi connectivity index (χ1n) is 11.9. The molecule has 0 saturated carbocycles. The van der Waals surface area contributed by atoms with Crippen LogP contribution >= 0.6 is 11.3 Å². The van der Waals surface area contributed by atoms with E-state index in [0.29, 0.717) is 53.7 Å². The highest BCUT2D eigenvalue weighted by atomic mass is 32.1. The number of ether oxygens (including phenoxy) is 2. The summed E-state index contributed by atoms with van der Waals surface area (Å²) < 4.78 is 14.9. The molecule has 0 aliphatic heterocycles. The molecule has 3 aromatic heterocycles. The van der Waals surface area contributed by atoms with Crippen molar-refractivity contribution in [3.8, 4) is 11.5 Å². The van der Waals surface area contributed by atoms with Crippen LogP contribution in [0.2, 0.25) is 0 Å². The molecule has 0 spiro atoms. The zero-order valence-electron chi connectivity index (χ0n) is 20.4. The second kappa shape index (κ2) is 11.4. The Balaban J connectivity index is 1.42. The maximum Gasteiger partial charge on any atom is 0.272 e. The minimum atomic E-state index is -0.0555. The fraction of sp³-hybridized carbons (Fsp3) is 0.440. The second-order valence-electron chi connectivity index (χ2n) is 8.34. The van der Waals surface area contributed by atoms with Crippen molar-refractivity contribution in [2.75, 3.05) is 20.8 Å². The van der Waals surface area contributed by atoms with Crippen molar-refractivity contribution in [2.24, 2.45) is 0 Å². The number of rotatable bonds is 12. The lowest BCUT2D eigenvalue weighted by atomic mass is 10.1. The summed E-state index contributed by atoms with van der Waals surface area (Å²) in [5, 5.41) is 13.5. The van der Waals surface area contributed by atoms with E-state index in [2.05, 4.69) is 22.4 Å². The number of benzene rings is 1. The molecular weight excluding hydrogens is 466 g/mol. The van der Waals surface area contributed by atoms with E-state index in [1.165, 1.54) is 11.3 Å². The quantitative estimate of drug-likeness (QED) is 0.300. The molecule has 0 aliphatic rings. The van der Waals surface area contributed by atoms with Crippen LogP contribution < -0.4 is 20.3 Å². The molecule has 1 N–H and O–H groups in total. The Morgan fingerprint density at radius 2 is 1.91 bits per heavy atom. The first kappa shape index (κ1) is 24.7. The molecule has 186 valence electrons. The van der Waals surface area contributed by atoms with Gasteiger partial charge in [0.2, 0.25) is 11.7 Å². The van der Waals surface area contributed by atoms with Gasteiger partial charge in [-0.1, -0.05) is 25.8 Å². The predicted octanol–water partition coefficient (Wildman–Crippen LogP) is 3.60. The van der Waals surface area contributed by atoms with Crippen molar-refractivity contribution in [1.82, 2.24) is 24.5 Å². The average molecular weight is 498 g/mol. The van der Waals surface area contributed by atoms with Gasteiger partial charge in [0.25, 0.3) is 5.56 Å². The van der Waals surface area contributed by atoms with Gasteiger partial charge in [-0.05, 0) is 42.0 Å². The number of unbranched alkanes of at least 4 members (excludes halogenated alkanes) is 2. The number of carbonyl (C=O) groups is 1. The highest BCUT2D eigenvalue weighted by Crippen LogP contribution is 2.27. The number of aromatic nitrogens is 4. The average Bonchev–Trinajstić information content (AvgIpc) is 3.52. The van der Waals surface area contributed by atoms with Gasteiger partial charge < -0.3 is 14.8 Å². The van der Waals surface area contributed by atoms with Crippen molar-refractivity contribution in [2.45, 2.75) is 52.0 Å². The number of amides is 1. The smallest absolute Gasteiger partial charge is 0.272 e. The van der Waals surface area contributed by atoms with Gasteiger partial charge in [0.15, 0.2) is 11.5 Å². The SMILES string of the molecule is CCCCCn1c(=O)c2sccc2n2c(CCC(=O)NCCc3ccc(OC)c(OC)c3)nnc12. The Morgan fingerprint density at radius 3 is 2.69 bits per heavy atom. The summed E-state index contributed by atoms with van der Waals surface area (Å²) in [5.74, 6) is 2.52. The molecular formula is C25H31N5O4S. The van der Waals surface area contributed by atoms with Gasteiger partial charge in [-0.3, -0.25) is 18.6 Å². The Bertz CT molecular complexity index is 1370. The number of fused-ring (bicyclic) bond motifs is 3. The Labute approximate surface area is 207 Å². The van der Waals surface area contributed by atoms with Gasteiger partial charge in [-0.15, -0.1) is 21.5 Å². The number of methoxy groups -OCH3 is 2. The van der Waals surface area contributed by atoms with Crippen molar-refractivity contribution < 1.29 is 14.3 Å². The van der Waals surface area contributed by atoms with Crippen molar-refractivity contribution >= 4 is 33.2 Å². The number of thiophene rings is 1. The fourth-order valence-corrected chi connectivity index (χ4v) is 4.98. The second-order valence-corrected chi connectivity index (χ2v) is 9.26. The summed E-state index contributed by atoms with van der Waals surface area (Å²) in [6, 6.07) is 7.65. The topological polar surface area (TPSA) is 99.8 Å². The van der Waals surface area contributed by atoms with E-state index in [1.54, 1.807) is 18.8 Å². The van der Waals surface area contributed by atoms with Gasteiger partial charge in [0.1, 0.15) is 10.5 Å². The molecule has 10 heteroatoms. The number of carbonyl (C=O) groups excluding carboxylic acids is 1. The predicted molar refractivity (Wildman–Crippen MR) is 137 cm³/mol. The number of nitrogens with zero attached hydrogens (tertiary/aromatic N) is 4. The van der Waals surface area contributed by atoms with E-state index in [-0.39, 0.29) is 17.9 Å². The number of aryl methyl sites for hydroxylation is 2. The normalized spacial score (nSPS) is 11.3. The monoisotopic (exact) mass is 497 g/mol. The van der Waals surface area contributed by atoms with Crippen LogP contribution in [0.15, 0.2) is 34.4 Å². The largest absolute Gasteiger partial charge is 0.493 e. The number of nitrogens with one attached hydrogen (secondary N) is 1. The minimum Gasteiger partial charge on any atom is -0.493 e. The summed E-state index contributed by atoms with van der Waals surface area (Å²) >= 11 is 1.43. The third-order valence-corrected chi connectivity index (χ3v) is 6.92. The van der Waals surface area contributed by atoms with Crippen LogP contribution in [0.25, 0.3) is 16.0 Å². The lowest BCUT2D eigenvalue weighted by molar-refractivity contribution is -0.121. The van der Waals surface area contributed by atoms with Crippen LogP contribution in [-0.2, 0) is 24.2 Å². The van der Waals surface area contributed by atoms with Crippen LogP contribution in [0, 0.1) is 0 Å². The van der Waals surface area contributed by atoms with E-state index in [4.69, 9.17) is 9.47 Å². The van der Waals surface area contributed by atoms with Gasteiger partial charge in [-0.25, -0.2) is 0 Å². The molecule has 3 heterocycles. The first-order valence-corrected chi connectivity index (χ1v) is 12.8.